The number of aromatic nitrogens is 2. The Kier molecular flexibility index (Phi) is 7.14. The third-order valence-electron chi connectivity index (χ3n) is 8.17. The molecule has 0 bridgehead atoms. The molecule has 1 saturated carbocycles. The molecule has 0 N–H and O–H groups in total. The molecule has 3 atom stereocenters. The van der Waals surface area contributed by atoms with Crippen LogP contribution in [-0.4, -0.2) is 66.0 Å². The van der Waals surface area contributed by atoms with Gasteiger partial charge in [0.25, 0.3) is 0 Å². The maximum atomic E-state index is 13.5. The molecule has 1 unspecified atom stereocenters. The van der Waals surface area contributed by atoms with Gasteiger partial charge in [-0.25, -0.2) is 4.39 Å². The number of anilines is 2. The Balaban J connectivity index is 1.18. The van der Waals surface area contributed by atoms with Crippen LogP contribution >= 0.6 is 11.6 Å². The predicted octanol–water partition coefficient (Wildman–Crippen LogP) is 6.07. The van der Waals surface area contributed by atoms with Crippen molar-refractivity contribution in [3.8, 4) is 11.1 Å². The molecule has 212 valence electrons. The van der Waals surface area contributed by atoms with Crippen molar-refractivity contribution in [3.05, 3.63) is 65.4 Å². The van der Waals surface area contributed by atoms with Crippen molar-refractivity contribution in [1.29, 1.82) is 0 Å². The van der Waals surface area contributed by atoms with Crippen molar-refractivity contribution in [2.24, 2.45) is 5.92 Å². The maximum Gasteiger partial charge on any atom is 0.433 e. The van der Waals surface area contributed by atoms with Crippen molar-refractivity contribution in [2.45, 2.75) is 37.7 Å². The first-order valence-electron chi connectivity index (χ1n) is 13.6. The van der Waals surface area contributed by atoms with Gasteiger partial charge in [-0.1, -0.05) is 29.8 Å². The topological polar surface area (TPSA) is 44.6 Å². The molecule has 3 aliphatic rings. The molecule has 0 radical (unpaired) electrons. The van der Waals surface area contributed by atoms with Crippen LogP contribution in [0.25, 0.3) is 11.1 Å². The van der Waals surface area contributed by atoms with E-state index in [-0.39, 0.29) is 5.91 Å². The van der Waals surface area contributed by atoms with E-state index in [2.05, 4.69) is 14.9 Å². The number of nitrogens with zero attached hydrogens (tertiary/aromatic N) is 5. The molecule has 0 spiro atoms. The highest BCUT2D eigenvalue weighted by atomic mass is 35.5. The molecule has 1 amide bonds. The second kappa shape index (κ2) is 10.6. The average molecular weight is 576 g/mol. The van der Waals surface area contributed by atoms with Crippen LogP contribution in [0.3, 0.4) is 0 Å². The SMILES string of the molecule is O=C([C@@H]1C[C@@H]1F)N1CCN(c2ccc(-c3ccc(Cl)cc3N3CCCC(n4nccc4C(F)(F)F)C3)cc2)CC1. The Morgan fingerprint density at radius 3 is 2.35 bits per heavy atom. The minimum atomic E-state index is -4.46. The number of hydrogen-bond donors (Lipinski definition) is 0. The molecule has 6 rings (SSSR count). The highest BCUT2D eigenvalue weighted by molar-refractivity contribution is 6.31. The highest BCUT2D eigenvalue weighted by Gasteiger charge is 2.46. The van der Waals surface area contributed by atoms with Crippen LogP contribution in [0.15, 0.2) is 54.7 Å². The van der Waals surface area contributed by atoms with E-state index in [0.29, 0.717) is 57.1 Å². The molecule has 1 aromatic heterocycles. The first kappa shape index (κ1) is 26.9. The second-order valence-electron chi connectivity index (χ2n) is 10.8. The summed E-state index contributed by atoms with van der Waals surface area (Å²) in [4.78, 5) is 18.4. The fourth-order valence-electron chi connectivity index (χ4n) is 5.90. The average Bonchev–Trinajstić information content (AvgIpc) is 3.46. The Bertz CT molecular complexity index is 1370. The standard InChI is InChI=1S/C29H30ClF4N5O/c30-20-5-8-23(26(16-20)38-11-1-2-22(18-38)39-27(9-10-35-39)29(32,33)34)19-3-6-21(7-4-19)36-12-14-37(15-13-36)28(40)24-17-25(24)31/h3-10,16,22,24-25H,1-2,11-15,17-18H2/t22?,24-,25+/m1/s1. The molecule has 3 heterocycles. The number of alkyl halides is 4. The van der Waals surface area contributed by atoms with Crippen LogP contribution < -0.4 is 9.80 Å². The maximum absolute atomic E-state index is 13.5. The van der Waals surface area contributed by atoms with E-state index in [9.17, 15) is 22.4 Å². The molecule has 1 aliphatic carbocycles. The summed E-state index contributed by atoms with van der Waals surface area (Å²) in [5, 5.41) is 4.58. The van der Waals surface area contributed by atoms with E-state index >= 15 is 0 Å². The fraction of sp³-hybridized carbons (Fsp3) is 0.448. The molecule has 40 heavy (non-hydrogen) atoms. The van der Waals surface area contributed by atoms with E-state index in [1.165, 1.54) is 6.20 Å². The molecule has 11 heteroatoms. The van der Waals surface area contributed by atoms with Crippen molar-refractivity contribution < 1.29 is 22.4 Å². The van der Waals surface area contributed by atoms with Crippen molar-refractivity contribution >= 4 is 28.9 Å². The van der Waals surface area contributed by atoms with E-state index in [0.717, 1.165) is 39.7 Å². The van der Waals surface area contributed by atoms with Crippen LogP contribution in [0, 0.1) is 5.92 Å². The normalized spacial score (nSPS) is 23.4. The molecule has 3 aromatic rings. The number of halogens is 5. The smallest absolute Gasteiger partial charge is 0.369 e. The molecule has 2 aromatic carbocycles. The lowest BCUT2D eigenvalue weighted by Gasteiger charge is -2.37. The van der Waals surface area contributed by atoms with E-state index < -0.39 is 30.0 Å². The lowest BCUT2D eigenvalue weighted by atomic mass is 9.99. The molecule has 6 nitrogen and oxygen atoms in total. The minimum absolute atomic E-state index is 0.0695. The fourth-order valence-corrected chi connectivity index (χ4v) is 6.07. The lowest BCUT2D eigenvalue weighted by Crippen LogP contribution is -2.49. The van der Waals surface area contributed by atoms with Gasteiger partial charge in [-0.05, 0) is 55.2 Å². The zero-order valence-electron chi connectivity index (χ0n) is 21.8. The number of piperazine rings is 1. The third-order valence-corrected chi connectivity index (χ3v) is 8.40. The highest BCUT2D eigenvalue weighted by Crippen LogP contribution is 2.39. The van der Waals surface area contributed by atoms with Gasteiger partial charge in [0.1, 0.15) is 11.9 Å². The third kappa shape index (κ3) is 5.38. The summed E-state index contributed by atoms with van der Waals surface area (Å²) in [5.74, 6) is -0.513. The summed E-state index contributed by atoms with van der Waals surface area (Å²) >= 11 is 6.39. The van der Waals surface area contributed by atoms with Crippen molar-refractivity contribution in [1.82, 2.24) is 14.7 Å². The van der Waals surface area contributed by atoms with Gasteiger partial charge < -0.3 is 14.7 Å². The van der Waals surface area contributed by atoms with Crippen LogP contribution in [0.4, 0.5) is 28.9 Å². The zero-order chi connectivity index (χ0) is 28.0. The Morgan fingerprint density at radius 2 is 1.68 bits per heavy atom. The van der Waals surface area contributed by atoms with Gasteiger partial charge in [0.05, 0.1) is 12.0 Å². The van der Waals surface area contributed by atoms with Gasteiger partial charge in [0.2, 0.25) is 5.91 Å². The Morgan fingerprint density at radius 1 is 0.950 bits per heavy atom. The number of hydrogen-bond acceptors (Lipinski definition) is 4. The molecular weight excluding hydrogens is 546 g/mol. The number of amides is 1. The number of piperidine rings is 1. The summed E-state index contributed by atoms with van der Waals surface area (Å²) in [5.41, 5.74) is 3.12. The van der Waals surface area contributed by atoms with Gasteiger partial charge in [-0.2, -0.15) is 18.3 Å². The van der Waals surface area contributed by atoms with Crippen LogP contribution in [0.1, 0.15) is 31.0 Å². The first-order valence-corrected chi connectivity index (χ1v) is 14.0. The van der Waals surface area contributed by atoms with Crippen molar-refractivity contribution in [2.75, 3.05) is 49.1 Å². The van der Waals surface area contributed by atoms with Gasteiger partial charge in [0, 0.05) is 67.4 Å². The molecule has 2 aliphatic heterocycles. The van der Waals surface area contributed by atoms with Crippen LogP contribution in [0.2, 0.25) is 5.02 Å². The molecule has 3 fully saturated rings. The molecule has 2 saturated heterocycles. The number of rotatable bonds is 5. The summed E-state index contributed by atoms with van der Waals surface area (Å²) in [6, 6.07) is 14.4. The monoisotopic (exact) mass is 575 g/mol. The van der Waals surface area contributed by atoms with Crippen LogP contribution in [-0.2, 0) is 11.0 Å². The number of benzene rings is 2. The molecular formula is C29H30ClF4N5O. The Hall–Kier alpha value is -3.27. The van der Waals surface area contributed by atoms with E-state index in [1.54, 1.807) is 4.90 Å². The summed E-state index contributed by atoms with van der Waals surface area (Å²) in [7, 11) is 0. The van der Waals surface area contributed by atoms with Gasteiger partial charge in [-0.3, -0.25) is 9.48 Å². The predicted molar refractivity (Wildman–Crippen MR) is 146 cm³/mol. The summed E-state index contributed by atoms with van der Waals surface area (Å²) in [6.07, 6.45) is -2.54. The second-order valence-corrected chi connectivity index (χ2v) is 11.2. The number of carbonyl (C=O) groups is 1. The largest absolute Gasteiger partial charge is 0.433 e. The minimum Gasteiger partial charge on any atom is -0.369 e. The first-order chi connectivity index (χ1) is 19.2. The van der Waals surface area contributed by atoms with Gasteiger partial charge in [0.15, 0.2) is 0 Å². The lowest BCUT2D eigenvalue weighted by molar-refractivity contribution is -0.145. The number of carbonyl (C=O) groups excluding carboxylic acids is 1. The van der Waals surface area contributed by atoms with Gasteiger partial charge in [-0.15, -0.1) is 0 Å². The van der Waals surface area contributed by atoms with Crippen molar-refractivity contribution in [3.63, 3.8) is 0 Å². The van der Waals surface area contributed by atoms with E-state index in [1.807, 2.05) is 42.5 Å². The van der Waals surface area contributed by atoms with E-state index in [4.69, 9.17) is 11.6 Å². The Labute approximate surface area is 235 Å². The quantitative estimate of drug-likeness (QED) is 0.347. The zero-order valence-corrected chi connectivity index (χ0v) is 22.6. The summed E-state index contributed by atoms with van der Waals surface area (Å²) in [6.45, 7) is 3.62. The van der Waals surface area contributed by atoms with Crippen LogP contribution in [0.5, 0.6) is 0 Å². The summed E-state index contributed by atoms with van der Waals surface area (Å²) < 4.78 is 55.0. The van der Waals surface area contributed by atoms with Gasteiger partial charge >= 0.3 is 6.18 Å².